The minimum atomic E-state index is -0.425. The highest BCUT2D eigenvalue weighted by Gasteiger charge is 2.08. The highest BCUT2D eigenvalue weighted by molar-refractivity contribution is 9.11. The number of rotatable bonds is 3. The summed E-state index contributed by atoms with van der Waals surface area (Å²) in [6.07, 6.45) is 1.46. The van der Waals surface area contributed by atoms with Crippen LogP contribution < -0.4 is 5.43 Å². The average Bonchev–Trinajstić information content (AvgIpc) is 2.82. The molecule has 0 spiro atoms. The highest BCUT2D eigenvalue weighted by atomic mass is 79.9. The van der Waals surface area contributed by atoms with E-state index in [-0.39, 0.29) is 11.5 Å². The van der Waals surface area contributed by atoms with Gasteiger partial charge in [-0.3, -0.25) is 4.79 Å². The number of hydrazone groups is 1. The lowest BCUT2D eigenvalue weighted by Gasteiger charge is -2.02. The molecule has 7 heteroatoms. The second-order valence-electron chi connectivity index (χ2n) is 3.94. The van der Waals surface area contributed by atoms with Gasteiger partial charge >= 0.3 is 5.91 Å². The number of nitrogens with one attached hydrogen (secondary N) is 1. The molecule has 1 amide bonds. The van der Waals surface area contributed by atoms with E-state index in [1.165, 1.54) is 6.21 Å². The fraction of sp³-hybridized carbons (Fsp3) is 0.0769. The van der Waals surface area contributed by atoms with E-state index in [4.69, 9.17) is 4.42 Å². The van der Waals surface area contributed by atoms with Gasteiger partial charge in [-0.1, -0.05) is 0 Å². The van der Waals surface area contributed by atoms with Crippen LogP contribution in [0.15, 0.2) is 42.7 Å². The van der Waals surface area contributed by atoms with Crippen molar-refractivity contribution in [2.24, 2.45) is 5.10 Å². The molecule has 1 aromatic carbocycles. The standard InChI is InChI=1S/C13H10Br2N2O3/c1-7-2-3-11(20-7)13(19)17-16-6-8-4-9(14)12(18)10(15)5-8/h2-6,18H,1H3,(H,17,19)/b16-6+. The van der Waals surface area contributed by atoms with Gasteiger partial charge in [0.25, 0.3) is 0 Å². The summed E-state index contributed by atoms with van der Waals surface area (Å²) in [6, 6.07) is 6.63. The first-order chi connectivity index (χ1) is 9.47. The van der Waals surface area contributed by atoms with Gasteiger partial charge < -0.3 is 9.52 Å². The Bertz CT molecular complexity index is 657. The van der Waals surface area contributed by atoms with Crippen LogP contribution in [0, 0.1) is 6.92 Å². The lowest BCUT2D eigenvalue weighted by atomic mass is 10.2. The van der Waals surface area contributed by atoms with Gasteiger partial charge in [0.15, 0.2) is 5.76 Å². The fourth-order valence-corrected chi connectivity index (χ4v) is 2.66. The van der Waals surface area contributed by atoms with Crippen molar-refractivity contribution in [1.29, 1.82) is 0 Å². The van der Waals surface area contributed by atoms with Crippen LogP contribution in [0.2, 0.25) is 0 Å². The smallest absolute Gasteiger partial charge is 0.307 e. The first kappa shape index (κ1) is 14.8. The molecule has 0 aliphatic rings. The minimum absolute atomic E-state index is 0.109. The maximum atomic E-state index is 11.7. The number of furan rings is 1. The Kier molecular flexibility index (Phi) is 4.61. The molecule has 0 atom stereocenters. The van der Waals surface area contributed by atoms with Gasteiger partial charge in [0, 0.05) is 0 Å². The van der Waals surface area contributed by atoms with E-state index in [1.54, 1.807) is 31.2 Å². The molecule has 0 saturated carbocycles. The lowest BCUT2D eigenvalue weighted by molar-refractivity contribution is 0.0926. The van der Waals surface area contributed by atoms with E-state index in [2.05, 4.69) is 42.4 Å². The van der Waals surface area contributed by atoms with E-state index < -0.39 is 5.91 Å². The average molecular weight is 402 g/mol. The van der Waals surface area contributed by atoms with E-state index in [0.717, 1.165) is 0 Å². The maximum Gasteiger partial charge on any atom is 0.307 e. The summed E-state index contributed by atoms with van der Waals surface area (Å²) in [5.41, 5.74) is 3.06. The zero-order valence-corrected chi connectivity index (χ0v) is 13.5. The first-order valence-electron chi connectivity index (χ1n) is 5.55. The Morgan fingerprint density at radius 2 is 2.00 bits per heavy atom. The highest BCUT2D eigenvalue weighted by Crippen LogP contribution is 2.32. The quantitative estimate of drug-likeness (QED) is 0.609. The molecule has 0 fully saturated rings. The Morgan fingerprint density at radius 1 is 1.35 bits per heavy atom. The number of hydrogen-bond donors (Lipinski definition) is 2. The number of carbonyl (C=O) groups excluding carboxylic acids is 1. The van der Waals surface area contributed by atoms with Crippen molar-refractivity contribution in [3.05, 3.63) is 50.3 Å². The van der Waals surface area contributed by atoms with Crippen LogP contribution in [0.5, 0.6) is 5.75 Å². The number of hydrogen-bond acceptors (Lipinski definition) is 4. The van der Waals surface area contributed by atoms with Gasteiger partial charge in [0.05, 0.1) is 15.2 Å². The molecule has 104 valence electrons. The third-order valence-corrected chi connectivity index (χ3v) is 3.59. The van der Waals surface area contributed by atoms with Crippen LogP contribution in [-0.4, -0.2) is 17.2 Å². The van der Waals surface area contributed by atoms with Crippen molar-refractivity contribution in [2.45, 2.75) is 6.92 Å². The van der Waals surface area contributed by atoms with Crippen molar-refractivity contribution >= 4 is 44.0 Å². The van der Waals surface area contributed by atoms with Crippen molar-refractivity contribution in [1.82, 2.24) is 5.43 Å². The number of aromatic hydroxyl groups is 1. The van der Waals surface area contributed by atoms with Gasteiger partial charge in [0.1, 0.15) is 11.5 Å². The summed E-state index contributed by atoms with van der Waals surface area (Å²) in [6.45, 7) is 1.76. The summed E-state index contributed by atoms with van der Waals surface area (Å²) in [5, 5.41) is 13.4. The Morgan fingerprint density at radius 3 is 2.55 bits per heavy atom. The summed E-state index contributed by atoms with van der Waals surface area (Å²) < 4.78 is 6.23. The zero-order valence-electron chi connectivity index (χ0n) is 10.4. The van der Waals surface area contributed by atoms with Gasteiger partial charge in [-0.15, -0.1) is 0 Å². The molecule has 2 aromatic rings. The zero-order chi connectivity index (χ0) is 14.7. The predicted molar refractivity (Wildman–Crippen MR) is 82.0 cm³/mol. The monoisotopic (exact) mass is 400 g/mol. The molecule has 0 aliphatic heterocycles. The van der Waals surface area contributed by atoms with Crippen LogP contribution in [-0.2, 0) is 0 Å². The molecule has 5 nitrogen and oxygen atoms in total. The lowest BCUT2D eigenvalue weighted by Crippen LogP contribution is -2.16. The Labute approximate surface area is 131 Å². The Balaban J connectivity index is 2.05. The number of aryl methyl sites for hydroxylation is 1. The summed E-state index contributed by atoms with van der Waals surface area (Å²) in [4.78, 5) is 11.7. The van der Waals surface area contributed by atoms with Crippen LogP contribution in [0.4, 0.5) is 0 Å². The molecular formula is C13H10Br2N2O3. The summed E-state index contributed by atoms with van der Waals surface area (Å²) in [5.74, 6) is 0.543. The molecule has 0 unspecified atom stereocenters. The molecule has 20 heavy (non-hydrogen) atoms. The third-order valence-electron chi connectivity index (χ3n) is 2.38. The van der Waals surface area contributed by atoms with Crippen molar-refractivity contribution in [3.8, 4) is 5.75 Å². The predicted octanol–water partition coefficient (Wildman–Crippen LogP) is 3.58. The van der Waals surface area contributed by atoms with E-state index in [0.29, 0.717) is 20.3 Å². The van der Waals surface area contributed by atoms with Crippen LogP contribution in [0.25, 0.3) is 0 Å². The number of nitrogens with zero attached hydrogens (tertiary/aromatic N) is 1. The van der Waals surface area contributed by atoms with Crippen molar-refractivity contribution in [2.75, 3.05) is 0 Å². The van der Waals surface area contributed by atoms with E-state index in [9.17, 15) is 9.90 Å². The molecular weight excluding hydrogens is 392 g/mol. The molecule has 1 aromatic heterocycles. The number of benzene rings is 1. The number of carbonyl (C=O) groups is 1. The maximum absolute atomic E-state index is 11.7. The van der Waals surface area contributed by atoms with Crippen LogP contribution >= 0.6 is 31.9 Å². The Hall–Kier alpha value is -1.60. The number of amides is 1. The number of phenolic OH excluding ortho intramolecular Hbond substituents is 1. The first-order valence-corrected chi connectivity index (χ1v) is 7.14. The van der Waals surface area contributed by atoms with E-state index >= 15 is 0 Å². The topological polar surface area (TPSA) is 74.8 Å². The fourth-order valence-electron chi connectivity index (χ4n) is 1.44. The molecule has 0 radical (unpaired) electrons. The molecule has 1 heterocycles. The SMILES string of the molecule is Cc1ccc(C(=O)N/N=C/c2cc(Br)c(O)c(Br)c2)o1. The number of halogens is 2. The van der Waals surface area contributed by atoms with Crippen LogP contribution in [0.3, 0.4) is 0 Å². The van der Waals surface area contributed by atoms with Gasteiger partial charge in [-0.05, 0) is 68.6 Å². The number of phenols is 1. The van der Waals surface area contributed by atoms with Crippen molar-refractivity contribution in [3.63, 3.8) is 0 Å². The second kappa shape index (κ2) is 6.23. The van der Waals surface area contributed by atoms with Crippen LogP contribution in [0.1, 0.15) is 21.9 Å². The summed E-state index contributed by atoms with van der Waals surface area (Å²) >= 11 is 6.43. The van der Waals surface area contributed by atoms with Crippen molar-refractivity contribution < 1.29 is 14.3 Å². The molecule has 0 saturated heterocycles. The normalized spacial score (nSPS) is 10.9. The molecule has 2 rings (SSSR count). The largest absolute Gasteiger partial charge is 0.506 e. The second-order valence-corrected chi connectivity index (χ2v) is 5.65. The molecule has 0 aliphatic carbocycles. The van der Waals surface area contributed by atoms with Gasteiger partial charge in [-0.25, -0.2) is 5.43 Å². The third kappa shape index (κ3) is 3.49. The summed E-state index contributed by atoms with van der Waals surface area (Å²) in [7, 11) is 0. The minimum Gasteiger partial charge on any atom is -0.506 e. The van der Waals surface area contributed by atoms with Gasteiger partial charge in [-0.2, -0.15) is 5.10 Å². The van der Waals surface area contributed by atoms with E-state index in [1.807, 2.05) is 0 Å². The van der Waals surface area contributed by atoms with Gasteiger partial charge in [0.2, 0.25) is 0 Å². The molecule has 0 bridgehead atoms. The molecule has 2 N–H and O–H groups in total.